The summed E-state index contributed by atoms with van der Waals surface area (Å²) in [5, 5.41) is 11.8. The second-order valence-corrected chi connectivity index (χ2v) is 4.08. The summed E-state index contributed by atoms with van der Waals surface area (Å²) in [6.45, 7) is 0. The van der Waals surface area contributed by atoms with E-state index in [0.29, 0.717) is 5.75 Å². The van der Waals surface area contributed by atoms with Crippen LogP contribution >= 0.6 is 0 Å². The van der Waals surface area contributed by atoms with Gasteiger partial charge < -0.3 is 14.8 Å². The Labute approximate surface area is 103 Å². The molecule has 0 bridgehead atoms. The van der Waals surface area contributed by atoms with Gasteiger partial charge in [-0.1, -0.05) is 24.3 Å². The van der Waals surface area contributed by atoms with Gasteiger partial charge in [-0.3, -0.25) is 0 Å². The van der Waals surface area contributed by atoms with Crippen molar-refractivity contribution in [3.05, 3.63) is 42.1 Å². The number of aromatic nitrogens is 1. The Bertz CT molecular complexity index is 758. The van der Waals surface area contributed by atoms with Crippen molar-refractivity contribution in [2.75, 3.05) is 7.11 Å². The zero-order valence-electron chi connectivity index (χ0n) is 9.73. The van der Waals surface area contributed by atoms with Gasteiger partial charge in [-0.05, 0) is 17.5 Å². The van der Waals surface area contributed by atoms with Crippen LogP contribution in [0.5, 0.6) is 5.75 Å². The molecule has 4 heteroatoms. The van der Waals surface area contributed by atoms with Crippen molar-refractivity contribution in [3.63, 3.8) is 0 Å². The average molecular weight is 241 g/mol. The molecule has 0 spiro atoms. The fourth-order valence-corrected chi connectivity index (χ4v) is 2.21. The molecule has 4 nitrogen and oxygen atoms in total. The molecule has 90 valence electrons. The summed E-state index contributed by atoms with van der Waals surface area (Å²) in [5.41, 5.74) is 0.960. The highest BCUT2D eigenvalue weighted by atomic mass is 16.5. The van der Waals surface area contributed by atoms with Crippen LogP contribution in [0.25, 0.3) is 21.7 Å². The highest BCUT2D eigenvalue weighted by Gasteiger charge is 2.13. The van der Waals surface area contributed by atoms with E-state index >= 15 is 0 Å². The number of aromatic carboxylic acids is 1. The zero-order chi connectivity index (χ0) is 12.7. The number of rotatable bonds is 2. The molecule has 0 amide bonds. The number of H-pyrrole nitrogens is 1. The maximum absolute atomic E-state index is 11.0. The minimum absolute atomic E-state index is 0.166. The van der Waals surface area contributed by atoms with E-state index in [-0.39, 0.29) is 5.69 Å². The molecule has 3 aromatic rings. The van der Waals surface area contributed by atoms with Crippen molar-refractivity contribution in [3.8, 4) is 5.75 Å². The molecule has 1 aromatic heterocycles. The molecular weight excluding hydrogens is 230 g/mol. The lowest BCUT2D eigenvalue weighted by Crippen LogP contribution is -1.94. The van der Waals surface area contributed by atoms with E-state index in [2.05, 4.69) is 4.98 Å². The number of methoxy groups -OCH3 is 1. The van der Waals surface area contributed by atoms with Crippen molar-refractivity contribution < 1.29 is 14.6 Å². The number of ether oxygens (including phenoxy) is 1. The topological polar surface area (TPSA) is 62.3 Å². The summed E-state index contributed by atoms with van der Waals surface area (Å²) in [4.78, 5) is 14.0. The van der Waals surface area contributed by atoms with Gasteiger partial charge >= 0.3 is 5.97 Å². The fourth-order valence-electron chi connectivity index (χ4n) is 2.21. The number of fused-ring (bicyclic) bond motifs is 3. The minimum atomic E-state index is -0.975. The van der Waals surface area contributed by atoms with Crippen molar-refractivity contribution >= 4 is 27.6 Å². The van der Waals surface area contributed by atoms with Crippen molar-refractivity contribution in [2.45, 2.75) is 0 Å². The standard InChI is InChI=1S/C14H11NO3/c1-18-12-6-8-4-2-3-5-9(8)13-10(12)7-11(15-13)14(16)17/h2-7,15H,1H3,(H,16,17). The van der Waals surface area contributed by atoms with Gasteiger partial charge in [0.1, 0.15) is 11.4 Å². The molecule has 0 fully saturated rings. The van der Waals surface area contributed by atoms with Crippen LogP contribution in [0.2, 0.25) is 0 Å². The smallest absolute Gasteiger partial charge is 0.352 e. The van der Waals surface area contributed by atoms with Gasteiger partial charge in [0.25, 0.3) is 0 Å². The van der Waals surface area contributed by atoms with Crippen LogP contribution in [-0.2, 0) is 0 Å². The van der Waals surface area contributed by atoms with Gasteiger partial charge in [-0.25, -0.2) is 4.79 Å². The van der Waals surface area contributed by atoms with Crippen molar-refractivity contribution in [2.24, 2.45) is 0 Å². The summed E-state index contributed by atoms with van der Waals surface area (Å²) in [6, 6.07) is 11.3. The fraction of sp³-hybridized carbons (Fsp3) is 0.0714. The van der Waals surface area contributed by atoms with E-state index in [1.807, 2.05) is 30.3 Å². The summed E-state index contributed by atoms with van der Waals surface area (Å²) >= 11 is 0. The van der Waals surface area contributed by atoms with E-state index < -0.39 is 5.97 Å². The Balaban J connectivity index is 2.49. The maximum Gasteiger partial charge on any atom is 0.352 e. The molecular formula is C14H11NO3. The largest absolute Gasteiger partial charge is 0.496 e. The predicted molar refractivity (Wildman–Crippen MR) is 69.3 cm³/mol. The van der Waals surface area contributed by atoms with Crippen LogP contribution in [-0.4, -0.2) is 23.2 Å². The van der Waals surface area contributed by atoms with Crippen LogP contribution < -0.4 is 4.74 Å². The Kier molecular flexibility index (Phi) is 2.23. The summed E-state index contributed by atoms with van der Waals surface area (Å²) in [6.07, 6.45) is 0. The number of nitrogens with one attached hydrogen (secondary N) is 1. The van der Waals surface area contributed by atoms with Gasteiger partial charge in [0.05, 0.1) is 12.6 Å². The second-order valence-electron chi connectivity index (χ2n) is 4.08. The monoisotopic (exact) mass is 241 g/mol. The Morgan fingerprint density at radius 3 is 2.72 bits per heavy atom. The number of carbonyl (C=O) groups is 1. The van der Waals surface area contributed by atoms with Crippen LogP contribution in [0, 0.1) is 0 Å². The van der Waals surface area contributed by atoms with Crippen LogP contribution in [0.15, 0.2) is 36.4 Å². The highest BCUT2D eigenvalue weighted by Crippen LogP contribution is 2.33. The molecule has 2 N–H and O–H groups in total. The molecule has 1 heterocycles. The number of benzene rings is 2. The van der Waals surface area contributed by atoms with E-state index in [9.17, 15) is 4.79 Å². The number of hydrogen-bond donors (Lipinski definition) is 2. The average Bonchev–Trinajstić information content (AvgIpc) is 2.83. The molecule has 0 unspecified atom stereocenters. The normalized spacial score (nSPS) is 10.9. The summed E-state index contributed by atoms with van der Waals surface area (Å²) < 4.78 is 5.32. The Morgan fingerprint density at radius 1 is 1.22 bits per heavy atom. The SMILES string of the molecule is COc1cc2ccccc2c2[nH]c(C(=O)O)cc12. The van der Waals surface area contributed by atoms with Gasteiger partial charge in [0.2, 0.25) is 0 Å². The minimum Gasteiger partial charge on any atom is -0.496 e. The predicted octanol–water partition coefficient (Wildman–Crippen LogP) is 3.03. The molecule has 2 aromatic carbocycles. The number of aromatic amines is 1. The van der Waals surface area contributed by atoms with Crippen LogP contribution in [0.3, 0.4) is 0 Å². The Hall–Kier alpha value is -2.49. The van der Waals surface area contributed by atoms with Gasteiger partial charge in [-0.2, -0.15) is 0 Å². The van der Waals surface area contributed by atoms with Gasteiger partial charge in [0.15, 0.2) is 0 Å². The van der Waals surface area contributed by atoms with Gasteiger partial charge in [-0.15, -0.1) is 0 Å². The molecule has 3 rings (SSSR count). The number of hydrogen-bond acceptors (Lipinski definition) is 2. The third kappa shape index (κ3) is 1.43. The summed E-state index contributed by atoms with van der Waals surface area (Å²) in [5.74, 6) is -0.301. The van der Waals surface area contributed by atoms with E-state index in [1.165, 1.54) is 0 Å². The molecule has 0 radical (unpaired) electrons. The van der Waals surface area contributed by atoms with E-state index in [1.54, 1.807) is 13.2 Å². The molecule has 18 heavy (non-hydrogen) atoms. The molecule has 0 aliphatic carbocycles. The van der Waals surface area contributed by atoms with E-state index in [0.717, 1.165) is 21.7 Å². The number of carboxylic acids is 1. The maximum atomic E-state index is 11.0. The molecule has 0 saturated heterocycles. The molecule has 0 atom stereocenters. The molecule has 0 saturated carbocycles. The quantitative estimate of drug-likeness (QED) is 0.724. The lowest BCUT2D eigenvalue weighted by molar-refractivity contribution is 0.0691. The molecule has 0 aliphatic rings. The number of carboxylic acid groups (broad SMARTS) is 1. The highest BCUT2D eigenvalue weighted by molar-refractivity contribution is 6.10. The van der Waals surface area contributed by atoms with Gasteiger partial charge in [0, 0.05) is 10.8 Å². The first-order chi connectivity index (χ1) is 8.70. The first-order valence-electron chi connectivity index (χ1n) is 5.52. The van der Waals surface area contributed by atoms with Crippen LogP contribution in [0.1, 0.15) is 10.5 Å². The lowest BCUT2D eigenvalue weighted by atomic mass is 10.1. The lowest BCUT2D eigenvalue weighted by Gasteiger charge is -2.05. The first kappa shape index (κ1) is 10.7. The van der Waals surface area contributed by atoms with E-state index in [4.69, 9.17) is 9.84 Å². The Morgan fingerprint density at radius 2 is 2.00 bits per heavy atom. The second kappa shape index (κ2) is 3.77. The van der Waals surface area contributed by atoms with Crippen molar-refractivity contribution in [1.82, 2.24) is 4.98 Å². The van der Waals surface area contributed by atoms with Crippen molar-refractivity contribution in [1.29, 1.82) is 0 Å². The molecule has 0 aliphatic heterocycles. The van der Waals surface area contributed by atoms with Crippen LogP contribution in [0.4, 0.5) is 0 Å². The summed E-state index contributed by atoms with van der Waals surface area (Å²) in [7, 11) is 1.58. The third-order valence-corrected chi connectivity index (χ3v) is 3.05. The first-order valence-corrected chi connectivity index (χ1v) is 5.52. The zero-order valence-corrected chi connectivity index (χ0v) is 9.73. The third-order valence-electron chi connectivity index (χ3n) is 3.05.